The lowest BCUT2D eigenvalue weighted by molar-refractivity contribution is 0.219. The van der Waals surface area contributed by atoms with Crippen molar-refractivity contribution >= 4 is 10.0 Å². The van der Waals surface area contributed by atoms with Crippen LogP contribution in [0.15, 0.2) is 6.20 Å². The molecule has 0 bridgehead atoms. The van der Waals surface area contributed by atoms with E-state index in [2.05, 4.69) is 14.6 Å². The summed E-state index contributed by atoms with van der Waals surface area (Å²) >= 11 is 0. The van der Waals surface area contributed by atoms with Crippen LogP contribution < -0.4 is 9.46 Å². The number of pyridine rings is 1. The van der Waals surface area contributed by atoms with Gasteiger partial charge in [0.15, 0.2) is 0 Å². The zero-order chi connectivity index (χ0) is 16.3. The highest BCUT2D eigenvalue weighted by molar-refractivity contribution is 7.90. The highest BCUT2D eigenvalue weighted by Crippen LogP contribution is 2.26. The van der Waals surface area contributed by atoms with Crippen LogP contribution >= 0.6 is 0 Å². The zero-order valence-electron chi connectivity index (χ0n) is 13.7. The van der Waals surface area contributed by atoms with Gasteiger partial charge in [0.05, 0.1) is 18.1 Å². The molecular weight excluding hydrogens is 302 g/mol. The lowest BCUT2D eigenvalue weighted by atomic mass is 10.1. The molecule has 1 fully saturated rings. The maximum atomic E-state index is 12.0. The van der Waals surface area contributed by atoms with E-state index < -0.39 is 10.0 Å². The highest BCUT2D eigenvalue weighted by atomic mass is 32.2. The molecule has 1 saturated heterocycles. The minimum absolute atomic E-state index is 0.348. The van der Waals surface area contributed by atoms with Crippen LogP contribution in [0, 0.1) is 13.8 Å². The summed E-state index contributed by atoms with van der Waals surface area (Å²) in [5.41, 5.74) is 2.99. The predicted molar refractivity (Wildman–Crippen MR) is 86.5 cm³/mol. The SMILES string of the molecule is CNS(=O)(=O)C1CCCN(Cc2ncc(C)c(OC)c2C)C1. The van der Waals surface area contributed by atoms with Crippen LogP contribution in [-0.2, 0) is 16.6 Å². The van der Waals surface area contributed by atoms with Crippen LogP contribution in [0.5, 0.6) is 5.75 Å². The maximum absolute atomic E-state index is 12.0. The second-order valence-electron chi connectivity index (χ2n) is 5.79. The summed E-state index contributed by atoms with van der Waals surface area (Å²) < 4.78 is 31.9. The van der Waals surface area contributed by atoms with Crippen molar-refractivity contribution in [1.82, 2.24) is 14.6 Å². The van der Waals surface area contributed by atoms with Crippen molar-refractivity contribution in [2.24, 2.45) is 0 Å². The van der Waals surface area contributed by atoms with Crippen LogP contribution in [0.2, 0.25) is 0 Å². The van der Waals surface area contributed by atoms with Crippen molar-refractivity contribution in [3.8, 4) is 5.75 Å². The first-order chi connectivity index (χ1) is 10.4. The van der Waals surface area contributed by atoms with E-state index in [1.165, 1.54) is 7.05 Å². The largest absolute Gasteiger partial charge is 0.496 e. The Labute approximate surface area is 132 Å². The van der Waals surface area contributed by atoms with Crippen molar-refractivity contribution in [3.63, 3.8) is 0 Å². The molecule has 1 aliphatic rings. The lowest BCUT2D eigenvalue weighted by Crippen LogP contribution is -2.45. The molecule has 2 heterocycles. The van der Waals surface area contributed by atoms with E-state index in [-0.39, 0.29) is 5.25 Å². The van der Waals surface area contributed by atoms with Crippen LogP contribution in [-0.4, -0.2) is 50.8 Å². The van der Waals surface area contributed by atoms with Crippen LogP contribution in [0.3, 0.4) is 0 Å². The number of nitrogens with zero attached hydrogens (tertiary/aromatic N) is 2. The van der Waals surface area contributed by atoms with E-state index >= 15 is 0 Å². The van der Waals surface area contributed by atoms with E-state index in [1.54, 1.807) is 7.11 Å². The second kappa shape index (κ2) is 6.93. The van der Waals surface area contributed by atoms with Gasteiger partial charge in [-0.3, -0.25) is 9.88 Å². The molecule has 7 heteroatoms. The summed E-state index contributed by atoms with van der Waals surface area (Å²) in [5.74, 6) is 0.862. The van der Waals surface area contributed by atoms with Gasteiger partial charge in [0.25, 0.3) is 0 Å². The summed E-state index contributed by atoms with van der Waals surface area (Å²) in [5, 5.41) is -0.348. The molecule has 1 atom stereocenters. The number of rotatable bonds is 5. The fourth-order valence-corrected chi connectivity index (χ4v) is 4.24. The Morgan fingerprint density at radius 3 is 2.82 bits per heavy atom. The molecule has 124 valence electrons. The summed E-state index contributed by atoms with van der Waals surface area (Å²) in [6.45, 7) is 6.06. The number of aryl methyl sites for hydroxylation is 1. The number of piperidine rings is 1. The third-order valence-electron chi connectivity index (χ3n) is 4.31. The van der Waals surface area contributed by atoms with Gasteiger partial charge in [0, 0.05) is 30.4 Å². The molecule has 0 saturated carbocycles. The van der Waals surface area contributed by atoms with Crippen molar-refractivity contribution in [3.05, 3.63) is 23.0 Å². The van der Waals surface area contributed by atoms with Crippen LogP contribution in [0.1, 0.15) is 29.7 Å². The number of nitrogens with one attached hydrogen (secondary N) is 1. The number of aromatic nitrogens is 1. The summed E-state index contributed by atoms with van der Waals surface area (Å²) in [6, 6.07) is 0. The van der Waals surface area contributed by atoms with Crippen molar-refractivity contribution in [2.75, 3.05) is 27.2 Å². The van der Waals surface area contributed by atoms with E-state index in [0.29, 0.717) is 19.5 Å². The van der Waals surface area contributed by atoms with Gasteiger partial charge in [-0.05, 0) is 40.3 Å². The topological polar surface area (TPSA) is 71.5 Å². The summed E-state index contributed by atoms with van der Waals surface area (Å²) in [7, 11) is -0.0736. The number of likely N-dealkylation sites (tertiary alicyclic amines) is 1. The molecule has 1 unspecified atom stereocenters. The Balaban J connectivity index is 2.14. The Hall–Kier alpha value is -1.18. The molecule has 2 rings (SSSR count). The third-order valence-corrected chi connectivity index (χ3v) is 6.14. The van der Waals surface area contributed by atoms with Crippen molar-refractivity contribution < 1.29 is 13.2 Å². The normalized spacial score (nSPS) is 20.1. The molecule has 6 nitrogen and oxygen atoms in total. The smallest absolute Gasteiger partial charge is 0.215 e. The van der Waals surface area contributed by atoms with Gasteiger partial charge in [-0.25, -0.2) is 13.1 Å². The molecule has 0 amide bonds. The second-order valence-corrected chi connectivity index (χ2v) is 7.96. The molecule has 0 aliphatic carbocycles. The highest BCUT2D eigenvalue weighted by Gasteiger charge is 2.30. The molecular formula is C15H25N3O3S. The van der Waals surface area contributed by atoms with Gasteiger partial charge < -0.3 is 4.74 Å². The van der Waals surface area contributed by atoms with Crippen molar-refractivity contribution in [2.45, 2.75) is 38.5 Å². The monoisotopic (exact) mass is 327 g/mol. The fourth-order valence-electron chi connectivity index (χ4n) is 3.02. The maximum Gasteiger partial charge on any atom is 0.215 e. The molecule has 1 aromatic rings. The molecule has 1 aromatic heterocycles. The molecule has 0 aromatic carbocycles. The van der Waals surface area contributed by atoms with Gasteiger partial charge in [-0.1, -0.05) is 0 Å². The third kappa shape index (κ3) is 3.59. The number of hydrogen-bond acceptors (Lipinski definition) is 5. The molecule has 1 aliphatic heterocycles. The average Bonchev–Trinajstić information content (AvgIpc) is 2.51. The minimum Gasteiger partial charge on any atom is -0.496 e. The number of hydrogen-bond donors (Lipinski definition) is 1. The van der Waals surface area contributed by atoms with E-state index in [1.807, 2.05) is 20.0 Å². The minimum atomic E-state index is -3.21. The molecule has 1 N–H and O–H groups in total. The number of sulfonamides is 1. The van der Waals surface area contributed by atoms with Gasteiger partial charge >= 0.3 is 0 Å². The molecule has 0 radical (unpaired) electrons. The van der Waals surface area contributed by atoms with Crippen LogP contribution in [0.4, 0.5) is 0 Å². The predicted octanol–water partition coefficient (Wildman–Crippen LogP) is 1.22. The average molecular weight is 327 g/mol. The lowest BCUT2D eigenvalue weighted by Gasteiger charge is -2.32. The zero-order valence-corrected chi connectivity index (χ0v) is 14.5. The first-order valence-electron chi connectivity index (χ1n) is 7.52. The Morgan fingerprint density at radius 2 is 2.18 bits per heavy atom. The number of methoxy groups -OCH3 is 1. The quantitative estimate of drug-likeness (QED) is 0.880. The van der Waals surface area contributed by atoms with Gasteiger partial charge in [-0.15, -0.1) is 0 Å². The summed E-state index contributed by atoms with van der Waals surface area (Å²) in [4.78, 5) is 6.66. The number of ether oxygens (including phenoxy) is 1. The Kier molecular flexibility index (Phi) is 5.41. The van der Waals surface area contributed by atoms with Crippen LogP contribution in [0.25, 0.3) is 0 Å². The van der Waals surface area contributed by atoms with Gasteiger partial charge in [0.1, 0.15) is 5.75 Å². The fraction of sp³-hybridized carbons (Fsp3) is 0.667. The molecule has 0 spiro atoms. The van der Waals surface area contributed by atoms with Gasteiger partial charge in [-0.2, -0.15) is 0 Å². The van der Waals surface area contributed by atoms with E-state index in [0.717, 1.165) is 35.5 Å². The van der Waals surface area contributed by atoms with E-state index in [9.17, 15) is 8.42 Å². The van der Waals surface area contributed by atoms with Crippen molar-refractivity contribution in [1.29, 1.82) is 0 Å². The summed E-state index contributed by atoms with van der Waals surface area (Å²) in [6.07, 6.45) is 3.41. The molecule has 22 heavy (non-hydrogen) atoms. The first kappa shape index (κ1) is 17.2. The Bertz CT molecular complexity index is 631. The first-order valence-corrected chi connectivity index (χ1v) is 9.07. The Morgan fingerprint density at radius 1 is 1.45 bits per heavy atom. The van der Waals surface area contributed by atoms with E-state index in [4.69, 9.17) is 4.74 Å². The van der Waals surface area contributed by atoms with Gasteiger partial charge in [0.2, 0.25) is 10.0 Å². The standard InChI is InChI=1S/C15H25N3O3S/c1-11-8-17-14(12(2)15(11)21-4)10-18-7-5-6-13(9-18)22(19,20)16-3/h8,13,16H,5-7,9-10H2,1-4H3.